The first-order valence-electron chi connectivity index (χ1n) is 10.4. The minimum atomic E-state index is -0.455. The zero-order chi connectivity index (χ0) is 22.5. The molecular weight excluding hydrogens is 406 g/mol. The molecule has 2 amide bonds. The van der Waals surface area contributed by atoms with E-state index in [1.807, 2.05) is 48.5 Å². The first-order valence-corrected chi connectivity index (χ1v) is 10.4. The fraction of sp³-hybridized carbons (Fsp3) is 0.240. The molecule has 1 N–H and O–H groups in total. The van der Waals surface area contributed by atoms with Crippen molar-refractivity contribution >= 4 is 11.8 Å². The number of rotatable bonds is 8. The maximum Gasteiger partial charge on any atom is 0.255 e. The summed E-state index contributed by atoms with van der Waals surface area (Å²) in [4.78, 5) is 31.9. The van der Waals surface area contributed by atoms with Gasteiger partial charge in [0.1, 0.15) is 0 Å². The summed E-state index contributed by atoms with van der Waals surface area (Å²) >= 11 is 0. The minimum absolute atomic E-state index is 0.0829. The predicted octanol–water partition coefficient (Wildman–Crippen LogP) is 3.50. The molecule has 0 saturated carbocycles. The van der Waals surface area contributed by atoms with Crippen molar-refractivity contribution in [2.75, 3.05) is 14.2 Å². The molecule has 4 rings (SSSR count). The molecular formula is C25H25N3O4. The third-order valence-corrected chi connectivity index (χ3v) is 5.61. The smallest absolute Gasteiger partial charge is 0.255 e. The number of nitrogens with one attached hydrogen (secondary N) is 1. The number of carbonyl (C=O) groups excluding carboxylic acids is 2. The molecule has 0 radical (unpaired) electrons. The van der Waals surface area contributed by atoms with Crippen LogP contribution in [0.25, 0.3) is 0 Å². The van der Waals surface area contributed by atoms with E-state index in [-0.39, 0.29) is 18.2 Å². The third-order valence-electron chi connectivity index (χ3n) is 5.61. The standard InChI is InChI=1S/C25H25N3O4/c1-31-22-10-9-18(12-23(22)32-2)21(13-24(29)27-15-17-6-5-11-26-14-17)28-16-19-7-3-4-8-20(19)25(28)30/h3-12,14,21H,13,15-16H2,1-2H3,(H,27,29). The summed E-state index contributed by atoms with van der Waals surface area (Å²) in [7, 11) is 3.13. The van der Waals surface area contributed by atoms with Crippen LogP contribution in [0, 0.1) is 0 Å². The summed E-state index contributed by atoms with van der Waals surface area (Å²) < 4.78 is 10.8. The second-order valence-electron chi connectivity index (χ2n) is 7.56. The van der Waals surface area contributed by atoms with Crippen LogP contribution in [-0.4, -0.2) is 35.9 Å². The van der Waals surface area contributed by atoms with Gasteiger partial charge in [0.15, 0.2) is 11.5 Å². The summed E-state index contributed by atoms with van der Waals surface area (Å²) in [6.45, 7) is 0.823. The number of pyridine rings is 1. The van der Waals surface area contributed by atoms with Gasteiger partial charge in [0, 0.05) is 31.0 Å². The van der Waals surface area contributed by atoms with E-state index in [0.29, 0.717) is 30.2 Å². The van der Waals surface area contributed by atoms with Crippen LogP contribution in [0.3, 0.4) is 0 Å². The Balaban J connectivity index is 1.60. The van der Waals surface area contributed by atoms with E-state index in [0.717, 1.165) is 16.7 Å². The molecule has 1 aliphatic rings. The zero-order valence-corrected chi connectivity index (χ0v) is 18.1. The van der Waals surface area contributed by atoms with Crippen molar-refractivity contribution in [3.05, 3.63) is 89.2 Å². The molecule has 7 heteroatoms. The highest BCUT2D eigenvalue weighted by atomic mass is 16.5. The van der Waals surface area contributed by atoms with E-state index in [4.69, 9.17) is 9.47 Å². The van der Waals surface area contributed by atoms with Gasteiger partial charge in [0.05, 0.1) is 26.7 Å². The van der Waals surface area contributed by atoms with Crippen LogP contribution in [0.1, 0.15) is 39.5 Å². The molecule has 0 saturated heterocycles. The fourth-order valence-corrected chi connectivity index (χ4v) is 3.95. The normalized spacial score (nSPS) is 13.4. The number of hydrogen-bond acceptors (Lipinski definition) is 5. The molecule has 7 nitrogen and oxygen atoms in total. The Hall–Kier alpha value is -3.87. The third kappa shape index (κ3) is 4.42. The van der Waals surface area contributed by atoms with Crippen molar-refractivity contribution in [1.29, 1.82) is 0 Å². The van der Waals surface area contributed by atoms with Crippen LogP contribution in [0.15, 0.2) is 67.0 Å². The average Bonchev–Trinajstić information content (AvgIpc) is 3.17. The van der Waals surface area contributed by atoms with E-state index in [1.54, 1.807) is 37.6 Å². The molecule has 0 fully saturated rings. The number of benzene rings is 2. The van der Waals surface area contributed by atoms with Crippen LogP contribution in [0.5, 0.6) is 11.5 Å². The maximum atomic E-state index is 13.2. The minimum Gasteiger partial charge on any atom is -0.493 e. The predicted molar refractivity (Wildman–Crippen MR) is 119 cm³/mol. The number of methoxy groups -OCH3 is 2. The van der Waals surface area contributed by atoms with E-state index < -0.39 is 6.04 Å². The molecule has 2 aromatic carbocycles. The van der Waals surface area contributed by atoms with Crippen LogP contribution in [-0.2, 0) is 17.9 Å². The summed E-state index contributed by atoms with van der Waals surface area (Å²) in [5.41, 5.74) is 3.35. The number of carbonyl (C=O) groups is 2. The monoisotopic (exact) mass is 431 g/mol. The van der Waals surface area contributed by atoms with Crippen molar-refractivity contribution in [3.8, 4) is 11.5 Å². The first-order chi connectivity index (χ1) is 15.6. The molecule has 3 aromatic rings. The lowest BCUT2D eigenvalue weighted by molar-refractivity contribution is -0.122. The van der Waals surface area contributed by atoms with Crippen molar-refractivity contribution in [1.82, 2.24) is 15.2 Å². The highest BCUT2D eigenvalue weighted by Crippen LogP contribution is 2.37. The first kappa shape index (κ1) is 21.4. The van der Waals surface area contributed by atoms with Gasteiger partial charge in [-0.05, 0) is 41.0 Å². The number of hydrogen-bond donors (Lipinski definition) is 1. The van der Waals surface area contributed by atoms with Gasteiger partial charge in [0.2, 0.25) is 5.91 Å². The lowest BCUT2D eigenvalue weighted by Crippen LogP contribution is -2.34. The highest BCUT2D eigenvalue weighted by molar-refractivity contribution is 5.98. The van der Waals surface area contributed by atoms with Gasteiger partial charge in [-0.3, -0.25) is 14.6 Å². The van der Waals surface area contributed by atoms with Crippen LogP contribution >= 0.6 is 0 Å². The SMILES string of the molecule is COc1ccc(C(CC(=O)NCc2cccnc2)N2Cc3ccccc3C2=O)cc1OC. The fourth-order valence-electron chi connectivity index (χ4n) is 3.95. The Bertz CT molecular complexity index is 1120. The largest absolute Gasteiger partial charge is 0.493 e. The van der Waals surface area contributed by atoms with Crippen molar-refractivity contribution < 1.29 is 19.1 Å². The van der Waals surface area contributed by atoms with E-state index in [2.05, 4.69) is 10.3 Å². The van der Waals surface area contributed by atoms with Crippen LogP contribution in [0.2, 0.25) is 0 Å². The molecule has 164 valence electrons. The van der Waals surface area contributed by atoms with Crippen LogP contribution in [0.4, 0.5) is 0 Å². The van der Waals surface area contributed by atoms with Crippen molar-refractivity contribution in [2.24, 2.45) is 0 Å². The molecule has 1 unspecified atom stereocenters. The summed E-state index contributed by atoms with van der Waals surface area (Å²) in [5.74, 6) is 0.903. The van der Waals surface area contributed by atoms with E-state index in [1.165, 1.54) is 0 Å². The average molecular weight is 431 g/mol. The van der Waals surface area contributed by atoms with Crippen LogP contribution < -0.4 is 14.8 Å². The van der Waals surface area contributed by atoms with Gasteiger partial charge in [-0.1, -0.05) is 30.3 Å². The highest BCUT2D eigenvalue weighted by Gasteiger charge is 2.34. The number of ether oxygens (including phenoxy) is 2. The van der Waals surface area contributed by atoms with Gasteiger partial charge in [-0.2, -0.15) is 0 Å². The Morgan fingerprint density at radius 3 is 2.62 bits per heavy atom. The van der Waals surface area contributed by atoms with Crippen molar-refractivity contribution in [2.45, 2.75) is 25.6 Å². The van der Waals surface area contributed by atoms with Gasteiger partial charge in [0.25, 0.3) is 5.91 Å². The lowest BCUT2D eigenvalue weighted by atomic mass is 10.0. The second-order valence-corrected chi connectivity index (χ2v) is 7.56. The Morgan fingerprint density at radius 1 is 1.09 bits per heavy atom. The molecule has 1 aliphatic heterocycles. The summed E-state index contributed by atoms with van der Waals surface area (Å²) in [6, 6.07) is 16.3. The quantitative estimate of drug-likeness (QED) is 0.590. The van der Waals surface area contributed by atoms with Gasteiger partial charge >= 0.3 is 0 Å². The second kappa shape index (κ2) is 9.51. The number of amides is 2. The maximum absolute atomic E-state index is 13.2. The number of fused-ring (bicyclic) bond motifs is 1. The molecule has 0 aliphatic carbocycles. The topological polar surface area (TPSA) is 80.8 Å². The summed E-state index contributed by atoms with van der Waals surface area (Å²) in [5, 5.41) is 2.94. The van der Waals surface area contributed by atoms with Crippen molar-refractivity contribution in [3.63, 3.8) is 0 Å². The zero-order valence-electron chi connectivity index (χ0n) is 18.1. The molecule has 0 bridgehead atoms. The van der Waals surface area contributed by atoms with E-state index >= 15 is 0 Å². The Kier molecular flexibility index (Phi) is 6.35. The van der Waals surface area contributed by atoms with Gasteiger partial charge in [-0.25, -0.2) is 0 Å². The Labute approximate surface area is 187 Å². The number of nitrogens with zero attached hydrogens (tertiary/aromatic N) is 2. The molecule has 2 heterocycles. The molecule has 0 spiro atoms. The molecule has 1 aromatic heterocycles. The summed E-state index contributed by atoms with van der Waals surface area (Å²) in [6.07, 6.45) is 3.53. The lowest BCUT2D eigenvalue weighted by Gasteiger charge is -2.28. The number of aromatic nitrogens is 1. The Morgan fingerprint density at radius 2 is 1.91 bits per heavy atom. The van der Waals surface area contributed by atoms with Gasteiger partial charge < -0.3 is 19.7 Å². The van der Waals surface area contributed by atoms with Gasteiger partial charge in [-0.15, -0.1) is 0 Å². The molecule has 1 atom stereocenters. The van der Waals surface area contributed by atoms with E-state index in [9.17, 15) is 9.59 Å². The molecule has 32 heavy (non-hydrogen) atoms.